The van der Waals surface area contributed by atoms with Crippen LogP contribution < -0.4 is 4.90 Å². The summed E-state index contributed by atoms with van der Waals surface area (Å²) < 4.78 is 44.4. The normalized spacial score (nSPS) is 11.5. The van der Waals surface area contributed by atoms with Gasteiger partial charge in [-0.25, -0.2) is 9.78 Å². The van der Waals surface area contributed by atoms with Crippen LogP contribution in [0.15, 0.2) is 53.9 Å². The number of H-pyrrole nitrogens is 1. The van der Waals surface area contributed by atoms with Crippen LogP contribution in [0.4, 0.5) is 24.0 Å². The number of thiazole rings is 1. The first kappa shape index (κ1) is 21.5. The molecule has 0 bridgehead atoms. The monoisotopic (exact) mass is 460 g/mol. The van der Waals surface area contributed by atoms with Gasteiger partial charge in [0, 0.05) is 17.7 Å². The van der Waals surface area contributed by atoms with E-state index in [0.717, 1.165) is 28.4 Å². The maximum absolute atomic E-state index is 13.1. The van der Waals surface area contributed by atoms with Gasteiger partial charge in [-0.05, 0) is 24.3 Å². The molecule has 0 saturated carbocycles. The summed E-state index contributed by atoms with van der Waals surface area (Å²) in [5.41, 5.74) is 0.321. The molecule has 4 aromatic rings. The number of carbonyl (C=O) groups excluding carboxylic acids is 2. The molecule has 1 amide bonds. The molecule has 32 heavy (non-hydrogen) atoms. The third-order valence-corrected chi connectivity index (χ3v) is 5.37. The van der Waals surface area contributed by atoms with Crippen LogP contribution in [0.5, 0.6) is 0 Å². The molecule has 2 heterocycles. The van der Waals surface area contributed by atoms with E-state index in [2.05, 4.69) is 15.2 Å². The van der Waals surface area contributed by atoms with Crippen LogP contribution in [0.1, 0.15) is 28.7 Å². The molecular formula is C21H15F3N4O3S. The van der Waals surface area contributed by atoms with Crippen molar-refractivity contribution in [3.63, 3.8) is 0 Å². The summed E-state index contributed by atoms with van der Waals surface area (Å²) in [5.74, 6) is -1.16. The third kappa shape index (κ3) is 4.33. The Morgan fingerprint density at radius 1 is 1.16 bits per heavy atom. The first-order valence-electron chi connectivity index (χ1n) is 9.26. The molecule has 4 rings (SSSR count). The minimum atomic E-state index is -4.54. The molecule has 164 valence electrons. The minimum absolute atomic E-state index is 0.0354. The van der Waals surface area contributed by atoms with Gasteiger partial charge >= 0.3 is 12.1 Å². The zero-order valence-corrected chi connectivity index (χ0v) is 17.3. The van der Waals surface area contributed by atoms with Crippen molar-refractivity contribution in [3.8, 4) is 0 Å². The van der Waals surface area contributed by atoms with Gasteiger partial charge in [-0.2, -0.15) is 18.3 Å². The lowest BCUT2D eigenvalue weighted by molar-refractivity contribution is -0.137. The molecule has 2 aromatic carbocycles. The Hall–Kier alpha value is -3.73. The molecule has 11 heteroatoms. The number of fused-ring (bicyclic) bond motifs is 1. The van der Waals surface area contributed by atoms with Crippen LogP contribution in [0.3, 0.4) is 0 Å². The van der Waals surface area contributed by atoms with Crippen molar-refractivity contribution in [2.75, 3.05) is 4.90 Å². The molecule has 0 aliphatic heterocycles. The second-order valence-corrected chi connectivity index (χ2v) is 7.55. The second kappa shape index (κ2) is 8.42. The van der Waals surface area contributed by atoms with E-state index in [1.54, 1.807) is 29.6 Å². The van der Waals surface area contributed by atoms with E-state index in [0.29, 0.717) is 16.6 Å². The highest BCUT2D eigenvalue weighted by molar-refractivity contribution is 7.14. The van der Waals surface area contributed by atoms with Gasteiger partial charge in [0.1, 0.15) is 6.61 Å². The van der Waals surface area contributed by atoms with Gasteiger partial charge in [0.25, 0.3) is 0 Å². The number of nitrogens with one attached hydrogen (secondary N) is 1. The van der Waals surface area contributed by atoms with Gasteiger partial charge in [0.2, 0.25) is 5.91 Å². The van der Waals surface area contributed by atoms with Crippen LogP contribution in [0, 0.1) is 0 Å². The Morgan fingerprint density at radius 3 is 2.69 bits per heavy atom. The third-order valence-electron chi connectivity index (χ3n) is 4.49. The highest BCUT2D eigenvalue weighted by Crippen LogP contribution is 2.35. The predicted octanol–water partition coefficient (Wildman–Crippen LogP) is 5.08. The molecule has 7 nitrogen and oxygen atoms in total. The fourth-order valence-electron chi connectivity index (χ4n) is 3.04. The first-order chi connectivity index (χ1) is 15.2. The van der Waals surface area contributed by atoms with E-state index >= 15 is 0 Å². The standard InChI is InChI=1S/C21H15F3N4O3S/c1-12(29)28(15-6-4-5-13(9-15)21(22,23)24)20-25-14(11-32-20)10-31-19(30)18-16-7-2-3-8-17(16)26-27-18/h2-9,11H,10H2,1H3,(H,26,27). The molecule has 0 aliphatic carbocycles. The van der Waals surface area contributed by atoms with Crippen molar-refractivity contribution < 1.29 is 27.5 Å². The number of esters is 1. The number of carbonyl (C=O) groups is 2. The number of halogens is 3. The van der Waals surface area contributed by atoms with E-state index in [1.807, 2.05) is 0 Å². The van der Waals surface area contributed by atoms with Gasteiger partial charge in [-0.1, -0.05) is 24.3 Å². The SMILES string of the molecule is CC(=O)N(c1cccc(C(F)(F)F)c1)c1nc(COC(=O)c2n[nH]c3ccccc23)cs1. The molecule has 0 unspecified atom stereocenters. The van der Waals surface area contributed by atoms with Crippen molar-refractivity contribution >= 4 is 44.9 Å². The number of hydrogen-bond donors (Lipinski definition) is 1. The predicted molar refractivity (Wildman–Crippen MR) is 112 cm³/mol. The molecule has 2 aromatic heterocycles. The number of ether oxygens (including phenoxy) is 1. The Balaban J connectivity index is 1.52. The number of para-hydroxylation sites is 1. The van der Waals surface area contributed by atoms with E-state index < -0.39 is 23.6 Å². The average molecular weight is 460 g/mol. The van der Waals surface area contributed by atoms with Crippen LogP contribution in [-0.4, -0.2) is 27.1 Å². The van der Waals surface area contributed by atoms with Gasteiger partial charge in [0.15, 0.2) is 10.8 Å². The zero-order valence-electron chi connectivity index (χ0n) is 16.5. The summed E-state index contributed by atoms with van der Waals surface area (Å²) in [6.45, 7) is 1.04. The van der Waals surface area contributed by atoms with Crippen molar-refractivity contribution in [3.05, 3.63) is 70.9 Å². The maximum atomic E-state index is 13.1. The number of hydrogen-bond acceptors (Lipinski definition) is 6. The van der Waals surface area contributed by atoms with Gasteiger partial charge in [-0.15, -0.1) is 11.3 Å². The molecular weight excluding hydrogens is 445 g/mol. The first-order valence-corrected chi connectivity index (χ1v) is 10.1. The molecule has 0 fully saturated rings. The second-order valence-electron chi connectivity index (χ2n) is 6.72. The van der Waals surface area contributed by atoms with Gasteiger partial charge in [-0.3, -0.25) is 14.8 Å². The van der Waals surface area contributed by atoms with E-state index in [1.165, 1.54) is 19.1 Å². The summed E-state index contributed by atoms with van der Waals surface area (Å²) in [7, 11) is 0. The van der Waals surface area contributed by atoms with E-state index in [4.69, 9.17) is 4.74 Å². The largest absolute Gasteiger partial charge is 0.454 e. The number of amides is 1. The number of anilines is 2. The van der Waals surface area contributed by atoms with Crippen LogP contribution in [0.25, 0.3) is 10.9 Å². The molecule has 1 N–H and O–H groups in total. The van der Waals surface area contributed by atoms with E-state index in [-0.39, 0.29) is 23.1 Å². The smallest absolute Gasteiger partial charge is 0.416 e. The molecule has 0 atom stereocenters. The summed E-state index contributed by atoms with van der Waals surface area (Å²) in [4.78, 5) is 29.9. The highest BCUT2D eigenvalue weighted by atomic mass is 32.1. The topological polar surface area (TPSA) is 88.2 Å². The molecule has 0 saturated heterocycles. The van der Waals surface area contributed by atoms with Crippen molar-refractivity contribution in [1.29, 1.82) is 0 Å². The van der Waals surface area contributed by atoms with Crippen LogP contribution >= 0.6 is 11.3 Å². The average Bonchev–Trinajstić information content (AvgIpc) is 3.39. The van der Waals surface area contributed by atoms with Gasteiger partial charge in [0.05, 0.1) is 22.5 Å². The van der Waals surface area contributed by atoms with Crippen molar-refractivity contribution in [1.82, 2.24) is 15.2 Å². The number of benzene rings is 2. The Labute approximate surface area is 183 Å². The Bertz CT molecular complexity index is 1300. The Kier molecular flexibility index (Phi) is 5.66. The van der Waals surface area contributed by atoms with Crippen molar-refractivity contribution in [2.24, 2.45) is 0 Å². The zero-order chi connectivity index (χ0) is 22.9. The lowest BCUT2D eigenvalue weighted by atomic mass is 10.2. The summed E-state index contributed by atoms with van der Waals surface area (Å²) in [5, 5.41) is 9.05. The fourth-order valence-corrected chi connectivity index (χ4v) is 3.91. The lowest BCUT2D eigenvalue weighted by Gasteiger charge is -2.19. The summed E-state index contributed by atoms with van der Waals surface area (Å²) >= 11 is 1.05. The van der Waals surface area contributed by atoms with E-state index in [9.17, 15) is 22.8 Å². The maximum Gasteiger partial charge on any atom is 0.416 e. The number of alkyl halides is 3. The van der Waals surface area contributed by atoms with Crippen molar-refractivity contribution in [2.45, 2.75) is 19.7 Å². The molecule has 0 aliphatic rings. The molecule has 0 radical (unpaired) electrons. The quantitative estimate of drug-likeness (QED) is 0.420. The lowest BCUT2D eigenvalue weighted by Crippen LogP contribution is -2.23. The highest BCUT2D eigenvalue weighted by Gasteiger charge is 2.31. The van der Waals surface area contributed by atoms with Crippen LogP contribution in [-0.2, 0) is 22.3 Å². The number of rotatable bonds is 5. The minimum Gasteiger partial charge on any atom is -0.454 e. The summed E-state index contributed by atoms with van der Waals surface area (Å²) in [6.07, 6.45) is -4.54. The van der Waals surface area contributed by atoms with Gasteiger partial charge < -0.3 is 4.74 Å². The summed E-state index contributed by atoms with van der Waals surface area (Å²) in [6, 6.07) is 11.5. The Morgan fingerprint density at radius 2 is 1.94 bits per heavy atom. The fraction of sp³-hybridized carbons (Fsp3) is 0.143. The number of aromatic amines is 1. The number of nitrogens with zero attached hydrogens (tertiary/aromatic N) is 3. The number of aromatic nitrogens is 3. The van der Waals surface area contributed by atoms with Crippen LogP contribution in [0.2, 0.25) is 0 Å². The molecule has 0 spiro atoms.